The summed E-state index contributed by atoms with van der Waals surface area (Å²) in [6.07, 6.45) is 2.42. The van der Waals surface area contributed by atoms with E-state index in [-0.39, 0.29) is 18.2 Å². The molecule has 1 N–H and O–H groups in total. The summed E-state index contributed by atoms with van der Waals surface area (Å²) in [7, 11) is 4.76. The van der Waals surface area contributed by atoms with Gasteiger partial charge in [0.25, 0.3) is 0 Å². The molecule has 1 unspecified atom stereocenters. The molecule has 2 amide bonds. The fraction of sp³-hybridized carbons (Fsp3) is 0.435. The summed E-state index contributed by atoms with van der Waals surface area (Å²) in [4.78, 5) is 31.1. The van der Waals surface area contributed by atoms with Crippen molar-refractivity contribution in [2.75, 3.05) is 52.9 Å². The van der Waals surface area contributed by atoms with Crippen molar-refractivity contribution in [1.29, 1.82) is 0 Å². The van der Waals surface area contributed by atoms with Gasteiger partial charge < -0.3 is 29.2 Å². The van der Waals surface area contributed by atoms with Crippen molar-refractivity contribution in [1.82, 2.24) is 9.88 Å². The molecule has 1 aromatic carbocycles. The predicted molar refractivity (Wildman–Crippen MR) is 118 cm³/mol. The second-order valence-electron chi connectivity index (χ2n) is 7.37. The van der Waals surface area contributed by atoms with Gasteiger partial charge in [0.1, 0.15) is 12.3 Å². The van der Waals surface area contributed by atoms with Crippen molar-refractivity contribution in [2.45, 2.75) is 12.8 Å². The standard InChI is InChI=1S/C23H29N3O6/c1-29-11-12-32-23-18(5-4-9-24-23)25-22(28)17-14-21(27)26(15-17)10-8-16-6-7-19(30-2)20(13-16)31-3/h4-7,9,13,17H,8,10-12,14-15H2,1-3H3,(H,25,28). The Hall–Kier alpha value is -3.33. The molecular weight excluding hydrogens is 414 g/mol. The minimum Gasteiger partial charge on any atom is -0.493 e. The topological polar surface area (TPSA) is 99.2 Å². The summed E-state index contributed by atoms with van der Waals surface area (Å²) in [6, 6.07) is 9.12. The van der Waals surface area contributed by atoms with E-state index in [1.54, 1.807) is 44.6 Å². The molecular formula is C23H29N3O6. The Labute approximate surface area is 187 Å². The number of benzene rings is 1. The number of methoxy groups -OCH3 is 3. The second-order valence-corrected chi connectivity index (χ2v) is 7.37. The molecule has 1 atom stereocenters. The zero-order chi connectivity index (χ0) is 22.9. The average Bonchev–Trinajstić information content (AvgIpc) is 3.19. The highest BCUT2D eigenvalue weighted by Gasteiger charge is 2.34. The van der Waals surface area contributed by atoms with Crippen LogP contribution in [-0.2, 0) is 20.7 Å². The summed E-state index contributed by atoms with van der Waals surface area (Å²) in [5, 5.41) is 2.85. The lowest BCUT2D eigenvalue weighted by atomic mass is 10.1. The highest BCUT2D eigenvalue weighted by atomic mass is 16.5. The Balaban J connectivity index is 1.56. The van der Waals surface area contributed by atoms with Crippen LogP contribution < -0.4 is 19.5 Å². The first-order chi connectivity index (χ1) is 15.5. The first-order valence-electron chi connectivity index (χ1n) is 10.4. The van der Waals surface area contributed by atoms with Crippen LogP contribution in [-0.4, -0.2) is 69.3 Å². The van der Waals surface area contributed by atoms with Gasteiger partial charge in [-0.1, -0.05) is 6.07 Å². The number of nitrogens with one attached hydrogen (secondary N) is 1. The lowest BCUT2D eigenvalue weighted by Crippen LogP contribution is -2.30. The SMILES string of the molecule is COCCOc1ncccc1NC(=O)C1CC(=O)N(CCc2ccc(OC)c(OC)c2)C1. The Bertz CT molecular complexity index is 936. The summed E-state index contributed by atoms with van der Waals surface area (Å²) in [5.41, 5.74) is 1.50. The van der Waals surface area contributed by atoms with Crippen LogP contribution in [0, 0.1) is 5.92 Å². The normalized spacial score (nSPS) is 15.5. The van der Waals surface area contributed by atoms with Crippen molar-refractivity contribution < 1.29 is 28.5 Å². The van der Waals surface area contributed by atoms with Crippen LogP contribution in [0.25, 0.3) is 0 Å². The number of carbonyl (C=O) groups excluding carboxylic acids is 2. The maximum atomic E-state index is 12.8. The molecule has 9 nitrogen and oxygen atoms in total. The van der Waals surface area contributed by atoms with Gasteiger partial charge in [-0.25, -0.2) is 4.98 Å². The minimum absolute atomic E-state index is 0.0339. The molecule has 0 bridgehead atoms. The molecule has 1 aromatic heterocycles. The van der Waals surface area contributed by atoms with Crippen LogP contribution >= 0.6 is 0 Å². The van der Waals surface area contributed by atoms with E-state index in [0.717, 1.165) is 5.56 Å². The van der Waals surface area contributed by atoms with Gasteiger partial charge in [0, 0.05) is 32.8 Å². The second kappa shape index (κ2) is 11.3. The smallest absolute Gasteiger partial charge is 0.237 e. The molecule has 2 heterocycles. The van der Waals surface area contributed by atoms with Crippen molar-refractivity contribution in [2.24, 2.45) is 5.92 Å². The first kappa shape index (κ1) is 23.3. The van der Waals surface area contributed by atoms with Gasteiger partial charge in [-0.3, -0.25) is 9.59 Å². The number of ether oxygens (including phenoxy) is 4. The Kier molecular flexibility index (Phi) is 8.27. The van der Waals surface area contributed by atoms with Gasteiger partial charge in [0.2, 0.25) is 17.7 Å². The summed E-state index contributed by atoms with van der Waals surface area (Å²) in [5.74, 6) is 0.943. The largest absolute Gasteiger partial charge is 0.493 e. The fourth-order valence-electron chi connectivity index (χ4n) is 3.52. The molecule has 1 aliphatic rings. The maximum absolute atomic E-state index is 12.8. The number of likely N-dealkylation sites (tertiary alicyclic amines) is 1. The number of pyridine rings is 1. The molecule has 2 aromatic rings. The fourth-order valence-corrected chi connectivity index (χ4v) is 3.52. The zero-order valence-electron chi connectivity index (χ0n) is 18.6. The Morgan fingerprint density at radius 2 is 1.97 bits per heavy atom. The van der Waals surface area contributed by atoms with Gasteiger partial charge in [0.15, 0.2) is 11.5 Å². The number of amides is 2. The van der Waals surface area contributed by atoms with Gasteiger partial charge in [0.05, 0.1) is 26.7 Å². The third-order valence-corrected chi connectivity index (χ3v) is 5.26. The quantitative estimate of drug-likeness (QED) is 0.531. The molecule has 3 rings (SSSR count). The predicted octanol–water partition coefficient (Wildman–Crippen LogP) is 2.15. The number of anilines is 1. The maximum Gasteiger partial charge on any atom is 0.237 e. The Morgan fingerprint density at radius 3 is 2.72 bits per heavy atom. The summed E-state index contributed by atoms with van der Waals surface area (Å²) < 4.78 is 21.1. The summed E-state index contributed by atoms with van der Waals surface area (Å²) >= 11 is 0. The monoisotopic (exact) mass is 443 g/mol. The number of nitrogens with zero attached hydrogens (tertiary/aromatic N) is 2. The number of hydrogen-bond donors (Lipinski definition) is 1. The molecule has 1 fully saturated rings. The first-order valence-corrected chi connectivity index (χ1v) is 10.4. The molecule has 0 saturated carbocycles. The number of aromatic nitrogens is 1. The molecule has 0 spiro atoms. The molecule has 32 heavy (non-hydrogen) atoms. The molecule has 0 aliphatic carbocycles. The van der Waals surface area contributed by atoms with Gasteiger partial charge in [-0.2, -0.15) is 0 Å². The summed E-state index contributed by atoms with van der Waals surface area (Å²) in [6.45, 7) is 1.63. The van der Waals surface area contributed by atoms with Gasteiger partial charge in [-0.15, -0.1) is 0 Å². The molecule has 9 heteroatoms. The lowest BCUT2D eigenvalue weighted by Gasteiger charge is -2.17. The van der Waals surface area contributed by atoms with Crippen molar-refractivity contribution in [3.8, 4) is 17.4 Å². The van der Waals surface area contributed by atoms with Crippen LogP contribution in [0.1, 0.15) is 12.0 Å². The van der Waals surface area contributed by atoms with Crippen molar-refractivity contribution >= 4 is 17.5 Å². The van der Waals surface area contributed by atoms with Crippen LogP contribution in [0.2, 0.25) is 0 Å². The lowest BCUT2D eigenvalue weighted by molar-refractivity contribution is -0.128. The van der Waals surface area contributed by atoms with E-state index in [2.05, 4.69) is 10.3 Å². The number of hydrogen-bond acceptors (Lipinski definition) is 7. The number of carbonyl (C=O) groups is 2. The van der Waals surface area contributed by atoms with E-state index in [0.29, 0.717) is 55.8 Å². The van der Waals surface area contributed by atoms with Crippen LogP contribution in [0.5, 0.6) is 17.4 Å². The minimum atomic E-state index is -0.431. The Morgan fingerprint density at radius 1 is 1.16 bits per heavy atom. The van der Waals surface area contributed by atoms with Gasteiger partial charge >= 0.3 is 0 Å². The highest BCUT2D eigenvalue weighted by Crippen LogP contribution is 2.28. The molecule has 1 aliphatic heterocycles. The van der Waals surface area contributed by atoms with Crippen LogP contribution in [0.15, 0.2) is 36.5 Å². The van der Waals surface area contributed by atoms with Gasteiger partial charge in [-0.05, 0) is 36.2 Å². The van der Waals surface area contributed by atoms with E-state index in [1.807, 2.05) is 18.2 Å². The van der Waals surface area contributed by atoms with E-state index in [9.17, 15) is 9.59 Å². The molecule has 1 saturated heterocycles. The average molecular weight is 444 g/mol. The van der Waals surface area contributed by atoms with E-state index >= 15 is 0 Å². The van der Waals surface area contributed by atoms with Crippen LogP contribution in [0.4, 0.5) is 5.69 Å². The molecule has 0 radical (unpaired) electrons. The van der Waals surface area contributed by atoms with E-state index in [4.69, 9.17) is 18.9 Å². The third-order valence-electron chi connectivity index (χ3n) is 5.26. The van der Waals surface area contributed by atoms with Crippen LogP contribution in [0.3, 0.4) is 0 Å². The van der Waals surface area contributed by atoms with E-state index < -0.39 is 5.92 Å². The highest BCUT2D eigenvalue weighted by molar-refractivity contribution is 5.97. The number of rotatable bonds is 11. The van der Waals surface area contributed by atoms with E-state index in [1.165, 1.54) is 0 Å². The third kappa shape index (κ3) is 5.88. The van der Waals surface area contributed by atoms with Crippen molar-refractivity contribution in [3.05, 3.63) is 42.1 Å². The zero-order valence-corrected chi connectivity index (χ0v) is 18.6. The molecule has 172 valence electrons. The van der Waals surface area contributed by atoms with Crippen molar-refractivity contribution in [3.63, 3.8) is 0 Å².